The van der Waals surface area contributed by atoms with Crippen LogP contribution in [0.5, 0.6) is 0 Å². The lowest BCUT2D eigenvalue weighted by atomic mass is 10.0. The van der Waals surface area contributed by atoms with E-state index < -0.39 is 0 Å². The third-order valence-corrected chi connectivity index (χ3v) is 4.30. The van der Waals surface area contributed by atoms with E-state index in [1.807, 2.05) is 11.9 Å². The third kappa shape index (κ3) is 4.61. The van der Waals surface area contributed by atoms with Gasteiger partial charge in [-0.3, -0.25) is 9.59 Å². The van der Waals surface area contributed by atoms with Crippen molar-refractivity contribution in [3.05, 3.63) is 54.0 Å². The van der Waals surface area contributed by atoms with Crippen molar-refractivity contribution in [2.75, 3.05) is 25.5 Å². The summed E-state index contributed by atoms with van der Waals surface area (Å²) in [7, 11) is 1.95. The summed E-state index contributed by atoms with van der Waals surface area (Å²) < 4.78 is 5.07. The Labute approximate surface area is 153 Å². The van der Waals surface area contributed by atoms with Crippen LogP contribution in [0.15, 0.2) is 47.1 Å². The molecule has 2 amide bonds. The minimum absolute atomic E-state index is 0. The Balaban J connectivity index is 0.00000225. The molecule has 1 aliphatic heterocycles. The predicted octanol–water partition coefficient (Wildman–Crippen LogP) is 2.78. The fraction of sp³-hybridized carbons (Fsp3) is 0.333. The van der Waals surface area contributed by atoms with E-state index in [4.69, 9.17) is 4.42 Å². The Kier molecular flexibility index (Phi) is 6.61. The Morgan fingerprint density at radius 2 is 1.92 bits per heavy atom. The van der Waals surface area contributed by atoms with Crippen LogP contribution in [-0.4, -0.2) is 42.9 Å². The number of piperidine rings is 1. The molecule has 1 saturated heterocycles. The van der Waals surface area contributed by atoms with Gasteiger partial charge >= 0.3 is 0 Å². The van der Waals surface area contributed by atoms with Crippen molar-refractivity contribution in [2.45, 2.75) is 18.9 Å². The molecule has 2 N–H and O–H groups in total. The standard InChI is InChI=1S/C18H21N3O3.ClH/c1-19-14-7-9-21(10-8-14)18(23)13-4-2-5-15(12-13)20-17(22)16-6-3-11-24-16;/h2-6,11-12,14,19H,7-10H2,1H3,(H,20,22);1H. The molecule has 7 heteroatoms. The molecule has 2 aromatic rings. The minimum Gasteiger partial charge on any atom is -0.459 e. The molecule has 0 bridgehead atoms. The molecule has 0 spiro atoms. The molecule has 0 atom stereocenters. The molecule has 1 aromatic carbocycles. The molecule has 1 aliphatic rings. The maximum absolute atomic E-state index is 12.6. The Bertz CT molecular complexity index is 710. The van der Waals surface area contributed by atoms with Crippen LogP contribution in [-0.2, 0) is 0 Å². The third-order valence-electron chi connectivity index (χ3n) is 4.30. The number of amides is 2. The van der Waals surface area contributed by atoms with E-state index in [0.29, 0.717) is 17.3 Å². The quantitative estimate of drug-likeness (QED) is 0.875. The minimum atomic E-state index is -0.334. The number of rotatable bonds is 4. The number of anilines is 1. The highest BCUT2D eigenvalue weighted by Crippen LogP contribution is 2.17. The average Bonchev–Trinajstić information content (AvgIpc) is 3.16. The van der Waals surface area contributed by atoms with Crippen LogP contribution in [0.1, 0.15) is 33.8 Å². The van der Waals surface area contributed by atoms with E-state index in [1.54, 1.807) is 36.4 Å². The monoisotopic (exact) mass is 363 g/mol. The summed E-state index contributed by atoms with van der Waals surface area (Å²) in [4.78, 5) is 26.5. The number of furan rings is 1. The first-order valence-electron chi connectivity index (χ1n) is 8.09. The van der Waals surface area contributed by atoms with Crippen molar-refractivity contribution in [3.63, 3.8) is 0 Å². The van der Waals surface area contributed by atoms with Crippen LogP contribution in [0.4, 0.5) is 5.69 Å². The molecule has 0 radical (unpaired) electrons. The summed E-state index contributed by atoms with van der Waals surface area (Å²) in [6, 6.07) is 10.7. The smallest absolute Gasteiger partial charge is 0.291 e. The van der Waals surface area contributed by atoms with Crippen molar-refractivity contribution in [1.29, 1.82) is 0 Å². The van der Waals surface area contributed by atoms with E-state index in [2.05, 4.69) is 10.6 Å². The van der Waals surface area contributed by atoms with E-state index in [1.165, 1.54) is 6.26 Å². The van der Waals surface area contributed by atoms with E-state index >= 15 is 0 Å². The van der Waals surface area contributed by atoms with Crippen LogP contribution < -0.4 is 10.6 Å². The molecule has 2 heterocycles. The predicted molar refractivity (Wildman–Crippen MR) is 98.3 cm³/mol. The number of halogens is 1. The largest absolute Gasteiger partial charge is 0.459 e. The highest BCUT2D eigenvalue weighted by atomic mass is 35.5. The van der Waals surface area contributed by atoms with Crippen LogP contribution in [0, 0.1) is 0 Å². The van der Waals surface area contributed by atoms with Crippen molar-refractivity contribution < 1.29 is 14.0 Å². The summed E-state index contributed by atoms with van der Waals surface area (Å²) in [5.74, 6) is -0.0982. The summed E-state index contributed by atoms with van der Waals surface area (Å²) in [5.41, 5.74) is 1.16. The Morgan fingerprint density at radius 1 is 1.16 bits per heavy atom. The molecule has 134 valence electrons. The van der Waals surface area contributed by atoms with Crippen LogP contribution in [0.25, 0.3) is 0 Å². The lowest BCUT2D eigenvalue weighted by molar-refractivity contribution is 0.0707. The molecule has 3 rings (SSSR count). The molecule has 6 nitrogen and oxygen atoms in total. The van der Waals surface area contributed by atoms with Crippen molar-refractivity contribution in [1.82, 2.24) is 10.2 Å². The van der Waals surface area contributed by atoms with Gasteiger partial charge in [-0.15, -0.1) is 12.4 Å². The summed E-state index contributed by atoms with van der Waals surface area (Å²) in [6.45, 7) is 1.49. The molecule has 25 heavy (non-hydrogen) atoms. The fourth-order valence-electron chi connectivity index (χ4n) is 2.88. The van der Waals surface area contributed by atoms with Crippen molar-refractivity contribution in [3.8, 4) is 0 Å². The van der Waals surface area contributed by atoms with Gasteiger partial charge in [-0.05, 0) is 50.2 Å². The number of likely N-dealkylation sites (tertiary alicyclic amines) is 1. The van der Waals surface area contributed by atoms with Crippen LogP contribution in [0.3, 0.4) is 0 Å². The van der Waals surface area contributed by atoms with Gasteiger partial charge in [0.1, 0.15) is 0 Å². The second-order valence-corrected chi connectivity index (χ2v) is 5.87. The number of carbonyl (C=O) groups is 2. The first-order valence-corrected chi connectivity index (χ1v) is 8.09. The Hall–Kier alpha value is -2.31. The second-order valence-electron chi connectivity index (χ2n) is 5.87. The second kappa shape index (κ2) is 8.69. The topological polar surface area (TPSA) is 74.6 Å². The number of carbonyl (C=O) groups excluding carboxylic acids is 2. The molecular formula is C18H22ClN3O3. The first kappa shape index (κ1) is 19.0. The fourth-order valence-corrected chi connectivity index (χ4v) is 2.88. The summed E-state index contributed by atoms with van der Waals surface area (Å²) in [5, 5.41) is 6.00. The maximum atomic E-state index is 12.6. The number of benzene rings is 1. The van der Waals surface area contributed by atoms with Gasteiger partial charge in [-0.1, -0.05) is 6.07 Å². The van der Waals surface area contributed by atoms with Gasteiger partial charge in [0.2, 0.25) is 0 Å². The summed E-state index contributed by atoms with van der Waals surface area (Å²) in [6.07, 6.45) is 3.36. The normalized spacial score (nSPS) is 14.7. The van der Waals surface area contributed by atoms with E-state index in [0.717, 1.165) is 25.9 Å². The zero-order valence-electron chi connectivity index (χ0n) is 14.0. The highest BCUT2D eigenvalue weighted by molar-refractivity contribution is 6.03. The van der Waals surface area contributed by atoms with Gasteiger partial charge < -0.3 is 20.0 Å². The highest BCUT2D eigenvalue weighted by Gasteiger charge is 2.23. The zero-order chi connectivity index (χ0) is 16.9. The van der Waals surface area contributed by atoms with E-state index in [9.17, 15) is 9.59 Å². The number of nitrogens with one attached hydrogen (secondary N) is 2. The molecule has 1 fully saturated rings. The average molecular weight is 364 g/mol. The van der Waals surface area contributed by atoms with Crippen molar-refractivity contribution >= 4 is 29.9 Å². The lowest BCUT2D eigenvalue weighted by Gasteiger charge is -2.31. The zero-order valence-corrected chi connectivity index (χ0v) is 14.8. The van der Waals surface area contributed by atoms with Crippen LogP contribution >= 0.6 is 12.4 Å². The van der Waals surface area contributed by atoms with Crippen molar-refractivity contribution in [2.24, 2.45) is 0 Å². The van der Waals surface area contributed by atoms with Gasteiger partial charge in [0, 0.05) is 30.4 Å². The molecule has 0 saturated carbocycles. The van der Waals surface area contributed by atoms with Crippen LogP contribution in [0.2, 0.25) is 0 Å². The SMILES string of the molecule is CNC1CCN(C(=O)c2cccc(NC(=O)c3ccco3)c2)CC1.Cl. The van der Waals surface area contributed by atoms with Gasteiger partial charge in [0.25, 0.3) is 11.8 Å². The maximum Gasteiger partial charge on any atom is 0.291 e. The number of nitrogens with zero attached hydrogens (tertiary/aromatic N) is 1. The number of hydrogen-bond donors (Lipinski definition) is 2. The Morgan fingerprint density at radius 3 is 2.56 bits per heavy atom. The van der Waals surface area contributed by atoms with Gasteiger partial charge in [0.05, 0.1) is 6.26 Å². The molecule has 1 aromatic heterocycles. The molecule has 0 aliphatic carbocycles. The van der Waals surface area contributed by atoms with Gasteiger partial charge in [-0.2, -0.15) is 0 Å². The summed E-state index contributed by atoms with van der Waals surface area (Å²) >= 11 is 0. The molecular weight excluding hydrogens is 342 g/mol. The van der Waals surface area contributed by atoms with Gasteiger partial charge in [0.15, 0.2) is 5.76 Å². The first-order chi connectivity index (χ1) is 11.7. The number of hydrogen-bond acceptors (Lipinski definition) is 4. The molecule has 0 unspecified atom stereocenters. The van der Waals surface area contributed by atoms with Gasteiger partial charge in [-0.25, -0.2) is 0 Å². The lowest BCUT2D eigenvalue weighted by Crippen LogP contribution is -2.43. The van der Waals surface area contributed by atoms with E-state index in [-0.39, 0.29) is 30.0 Å².